The van der Waals surface area contributed by atoms with E-state index in [1.54, 1.807) is 0 Å². The van der Waals surface area contributed by atoms with Crippen molar-refractivity contribution in [1.29, 1.82) is 5.26 Å². The summed E-state index contributed by atoms with van der Waals surface area (Å²) in [4.78, 5) is 20.0. The van der Waals surface area contributed by atoms with E-state index < -0.39 is 0 Å². The van der Waals surface area contributed by atoms with Crippen molar-refractivity contribution in [3.8, 4) is 6.07 Å². The molecule has 0 amide bonds. The van der Waals surface area contributed by atoms with Crippen molar-refractivity contribution in [2.24, 2.45) is 5.18 Å². The van der Waals surface area contributed by atoms with Gasteiger partial charge < -0.3 is 5.32 Å². The quantitative estimate of drug-likeness (QED) is 0.431. The van der Waals surface area contributed by atoms with Gasteiger partial charge in [-0.15, -0.1) is 4.91 Å². The number of nitrogens with one attached hydrogen (secondary N) is 1. The van der Waals surface area contributed by atoms with Gasteiger partial charge in [-0.1, -0.05) is 36.4 Å². The summed E-state index contributed by atoms with van der Waals surface area (Å²) in [7, 11) is 0. The van der Waals surface area contributed by atoms with Gasteiger partial charge in [-0.2, -0.15) is 5.26 Å². The molecule has 2 heterocycles. The van der Waals surface area contributed by atoms with Crippen LogP contribution in [0.1, 0.15) is 5.56 Å². The zero-order valence-corrected chi connectivity index (χ0v) is 13.0. The first-order valence-corrected chi connectivity index (χ1v) is 7.58. The summed E-state index contributed by atoms with van der Waals surface area (Å²) < 4.78 is 0. The van der Waals surface area contributed by atoms with Crippen molar-refractivity contribution in [2.75, 3.05) is 5.32 Å². The number of nitriles is 1. The average Bonchev–Trinajstić information content (AvgIpc) is 2.68. The Balaban J connectivity index is 1.97. The largest absolute Gasteiger partial charge is 0.337 e. The molecule has 118 valence electrons. The van der Waals surface area contributed by atoms with Crippen LogP contribution in [0.4, 0.5) is 17.2 Å². The number of aromatic nitrogens is 2. The van der Waals surface area contributed by atoms with E-state index in [0.29, 0.717) is 5.82 Å². The van der Waals surface area contributed by atoms with E-state index in [1.807, 2.05) is 54.6 Å². The molecule has 2 aromatic carbocycles. The molecule has 0 atom stereocenters. The fourth-order valence-electron chi connectivity index (χ4n) is 2.77. The molecule has 2 aromatic heterocycles. The van der Waals surface area contributed by atoms with Crippen LogP contribution < -0.4 is 5.32 Å². The fourth-order valence-corrected chi connectivity index (χ4v) is 2.77. The standard InChI is InChI=1S/C19H11N5O/c20-10-12-9-17(24-25)19(21-11-12)23-18-13-5-1-3-7-15(13)22-16-8-4-2-6-14(16)18/h1-9,11H,(H,21,22,23). The van der Waals surface area contributed by atoms with Crippen LogP contribution >= 0.6 is 0 Å². The first-order chi connectivity index (χ1) is 12.3. The number of nitroso groups, excluding NO2 is 1. The second-order valence-corrected chi connectivity index (χ2v) is 5.44. The lowest BCUT2D eigenvalue weighted by atomic mass is 10.1. The van der Waals surface area contributed by atoms with E-state index in [-0.39, 0.29) is 11.3 Å². The summed E-state index contributed by atoms with van der Waals surface area (Å²) in [5.41, 5.74) is 2.83. The zero-order valence-electron chi connectivity index (χ0n) is 13.0. The molecule has 25 heavy (non-hydrogen) atoms. The Morgan fingerprint density at radius 1 is 1.00 bits per heavy atom. The van der Waals surface area contributed by atoms with Crippen LogP contribution in [-0.4, -0.2) is 9.97 Å². The molecule has 0 unspecified atom stereocenters. The minimum Gasteiger partial charge on any atom is -0.337 e. The van der Waals surface area contributed by atoms with Crippen LogP contribution in [0.25, 0.3) is 21.8 Å². The van der Waals surface area contributed by atoms with Crippen LogP contribution in [0.2, 0.25) is 0 Å². The van der Waals surface area contributed by atoms with Crippen molar-refractivity contribution >= 4 is 39.0 Å². The highest BCUT2D eigenvalue weighted by Gasteiger charge is 2.12. The van der Waals surface area contributed by atoms with Crippen molar-refractivity contribution < 1.29 is 0 Å². The van der Waals surface area contributed by atoms with E-state index >= 15 is 0 Å². The molecule has 0 saturated carbocycles. The fraction of sp³-hybridized carbons (Fsp3) is 0. The van der Waals surface area contributed by atoms with Crippen LogP contribution in [0.15, 0.2) is 66.0 Å². The normalized spacial score (nSPS) is 10.5. The number of rotatable bonds is 3. The molecule has 0 saturated heterocycles. The molecular weight excluding hydrogens is 314 g/mol. The molecular formula is C19H11N5O. The third kappa shape index (κ3) is 2.54. The van der Waals surface area contributed by atoms with Crippen molar-refractivity contribution in [3.05, 3.63) is 71.3 Å². The third-order valence-electron chi connectivity index (χ3n) is 3.93. The lowest BCUT2D eigenvalue weighted by molar-refractivity contribution is 1.27. The molecule has 0 radical (unpaired) electrons. The Morgan fingerprint density at radius 2 is 1.64 bits per heavy atom. The minimum absolute atomic E-state index is 0.0871. The van der Waals surface area contributed by atoms with Gasteiger partial charge in [-0.25, -0.2) is 9.97 Å². The highest BCUT2D eigenvalue weighted by molar-refractivity contribution is 6.08. The summed E-state index contributed by atoms with van der Waals surface area (Å²) >= 11 is 0. The first-order valence-electron chi connectivity index (χ1n) is 7.58. The van der Waals surface area contributed by atoms with E-state index in [1.165, 1.54) is 12.3 Å². The number of anilines is 2. The Bertz CT molecular complexity index is 1110. The van der Waals surface area contributed by atoms with E-state index in [4.69, 9.17) is 5.26 Å². The highest BCUT2D eigenvalue weighted by atomic mass is 16.3. The second-order valence-electron chi connectivity index (χ2n) is 5.44. The zero-order chi connectivity index (χ0) is 17.2. The third-order valence-corrected chi connectivity index (χ3v) is 3.93. The number of para-hydroxylation sites is 2. The lowest BCUT2D eigenvalue weighted by Gasteiger charge is -2.13. The smallest absolute Gasteiger partial charge is 0.160 e. The number of hydrogen-bond donors (Lipinski definition) is 1. The SMILES string of the molecule is N#Cc1cnc(Nc2c3ccccc3nc3ccccc23)c(N=O)c1. The minimum atomic E-state index is 0.0871. The summed E-state index contributed by atoms with van der Waals surface area (Å²) in [5, 5.41) is 17.0. The van der Waals surface area contributed by atoms with Crippen LogP contribution in [-0.2, 0) is 0 Å². The molecule has 0 spiro atoms. The number of hydrogen-bond acceptors (Lipinski definition) is 6. The van der Waals surface area contributed by atoms with Crippen molar-refractivity contribution in [3.63, 3.8) is 0 Å². The predicted octanol–water partition coefficient (Wildman–Crippen LogP) is 4.80. The number of pyridine rings is 2. The van der Waals surface area contributed by atoms with E-state index in [2.05, 4.69) is 20.5 Å². The second kappa shape index (κ2) is 5.98. The Kier molecular flexibility index (Phi) is 3.52. The van der Waals surface area contributed by atoms with Gasteiger partial charge in [0.2, 0.25) is 0 Å². The van der Waals surface area contributed by atoms with Gasteiger partial charge in [0, 0.05) is 17.0 Å². The van der Waals surface area contributed by atoms with Gasteiger partial charge in [0.15, 0.2) is 11.5 Å². The Morgan fingerprint density at radius 3 is 2.24 bits per heavy atom. The van der Waals surface area contributed by atoms with Crippen LogP contribution in [0.3, 0.4) is 0 Å². The number of nitrogens with zero attached hydrogens (tertiary/aromatic N) is 4. The molecule has 4 rings (SSSR count). The van der Waals surface area contributed by atoms with Gasteiger partial charge in [-0.05, 0) is 23.4 Å². The molecule has 1 N–H and O–H groups in total. The maximum absolute atomic E-state index is 11.2. The monoisotopic (exact) mass is 325 g/mol. The summed E-state index contributed by atoms with van der Waals surface area (Å²) in [6, 6.07) is 18.8. The molecule has 6 heteroatoms. The maximum Gasteiger partial charge on any atom is 0.160 e. The summed E-state index contributed by atoms with van der Waals surface area (Å²) in [6.45, 7) is 0. The predicted molar refractivity (Wildman–Crippen MR) is 96.9 cm³/mol. The Labute approximate surface area is 142 Å². The van der Waals surface area contributed by atoms with Crippen LogP contribution in [0, 0.1) is 16.2 Å². The van der Waals surface area contributed by atoms with Gasteiger partial charge in [0.1, 0.15) is 6.07 Å². The molecule has 0 aliphatic rings. The van der Waals surface area contributed by atoms with Gasteiger partial charge in [-0.3, -0.25) is 0 Å². The van der Waals surface area contributed by atoms with Gasteiger partial charge >= 0.3 is 0 Å². The average molecular weight is 325 g/mol. The number of fused-ring (bicyclic) bond motifs is 2. The topological polar surface area (TPSA) is 91.0 Å². The summed E-state index contributed by atoms with van der Waals surface area (Å²) in [6.07, 6.45) is 1.41. The van der Waals surface area contributed by atoms with Crippen LogP contribution in [0.5, 0.6) is 0 Å². The van der Waals surface area contributed by atoms with Gasteiger partial charge in [0.05, 0.1) is 22.3 Å². The highest BCUT2D eigenvalue weighted by Crippen LogP contribution is 2.35. The molecule has 6 nitrogen and oxygen atoms in total. The molecule has 0 aliphatic heterocycles. The Hall–Kier alpha value is -3.85. The molecule has 0 bridgehead atoms. The van der Waals surface area contributed by atoms with Gasteiger partial charge in [0.25, 0.3) is 0 Å². The van der Waals surface area contributed by atoms with E-state index in [9.17, 15) is 4.91 Å². The summed E-state index contributed by atoms with van der Waals surface area (Å²) in [5.74, 6) is 0.301. The van der Waals surface area contributed by atoms with E-state index in [0.717, 1.165) is 27.5 Å². The molecule has 0 fully saturated rings. The molecule has 0 aliphatic carbocycles. The van der Waals surface area contributed by atoms with Crippen molar-refractivity contribution in [1.82, 2.24) is 9.97 Å². The maximum atomic E-state index is 11.2. The lowest BCUT2D eigenvalue weighted by Crippen LogP contribution is -1.98. The first kappa shape index (κ1) is 14.7. The number of benzene rings is 2. The van der Waals surface area contributed by atoms with Crippen molar-refractivity contribution in [2.45, 2.75) is 0 Å². The molecule has 4 aromatic rings.